The summed E-state index contributed by atoms with van der Waals surface area (Å²) in [6.45, 7) is 1.21. The van der Waals surface area contributed by atoms with Crippen molar-refractivity contribution in [2.45, 2.75) is 12.5 Å². The van der Waals surface area contributed by atoms with Gasteiger partial charge in [-0.25, -0.2) is 0 Å². The molecule has 0 aromatic heterocycles. The van der Waals surface area contributed by atoms with Crippen LogP contribution in [0.4, 0.5) is 0 Å². The van der Waals surface area contributed by atoms with E-state index in [4.69, 9.17) is 0 Å². The number of nitrogens with one attached hydrogen (secondary N) is 1. The molecule has 0 saturated carbocycles. The van der Waals surface area contributed by atoms with Crippen molar-refractivity contribution in [1.29, 1.82) is 0 Å². The molecule has 0 bridgehead atoms. The molecule has 2 aromatic carbocycles. The van der Waals surface area contributed by atoms with Crippen LogP contribution in [-0.4, -0.2) is 29.8 Å². The first-order valence-electron chi connectivity index (χ1n) is 7.62. The second-order valence-electron chi connectivity index (χ2n) is 5.87. The van der Waals surface area contributed by atoms with Crippen LogP contribution < -0.4 is 5.32 Å². The lowest BCUT2D eigenvalue weighted by Crippen LogP contribution is -2.41. The number of amides is 2. The predicted octanol–water partition coefficient (Wildman–Crippen LogP) is 2.93. The molecule has 1 N–H and O–H groups in total. The zero-order chi connectivity index (χ0) is 16.0. The van der Waals surface area contributed by atoms with E-state index in [9.17, 15) is 9.59 Å². The van der Waals surface area contributed by atoms with Gasteiger partial charge in [-0.3, -0.25) is 14.5 Å². The first kappa shape index (κ1) is 14.6. The molecule has 0 aliphatic carbocycles. The van der Waals surface area contributed by atoms with Crippen LogP contribution in [0.5, 0.6) is 0 Å². The van der Waals surface area contributed by atoms with Crippen LogP contribution in [0, 0.1) is 0 Å². The van der Waals surface area contributed by atoms with Crippen LogP contribution >= 0.6 is 15.9 Å². The van der Waals surface area contributed by atoms with Gasteiger partial charge in [-0.1, -0.05) is 34.1 Å². The lowest BCUT2D eigenvalue weighted by atomic mass is 9.94. The molecule has 2 aromatic rings. The summed E-state index contributed by atoms with van der Waals surface area (Å²) >= 11 is 3.50. The molecule has 116 valence electrons. The molecule has 2 heterocycles. The van der Waals surface area contributed by atoms with Gasteiger partial charge < -0.3 is 5.32 Å². The number of carbonyl (C=O) groups excluding carboxylic acids is 2. The zero-order valence-electron chi connectivity index (χ0n) is 12.4. The maximum atomic E-state index is 12.5. The Labute approximate surface area is 142 Å². The van der Waals surface area contributed by atoms with E-state index in [1.165, 1.54) is 10.5 Å². The molecule has 2 aliphatic heterocycles. The van der Waals surface area contributed by atoms with Gasteiger partial charge >= 0.3 is 0 Å². The van der Waals surface area contributed by atoms with Gasteiger partial charge in [-0.15, -0.1) is 0 Å². The third-order valence-corrected chi connectivity index (χ3v) is 5.00. The number of imide groups is 1. The molecule has 0 saturated heterocycles. The molecule has 2 aliphatic rings. The summed E-state index contributed by atoms with van der Waals surface area (Å²) in [5.41, 5.74) is 3.43. The van der Waals surface area contributed by atoms with Crippen molar-refractivity contribution in [2.24, 2.45) is 0 Å². The molecular formula is C18H15BrN2O2. The molecule has 0 spiro atoms. The third kappa shape index (κ3) is 2.40. The van der Waals surface area contributed by atoms with E-state index in [0.29, 0.717) is 17.7 Å². The van der Waals surface area contributed by atoms with Gasteiger partial charge in [0.2, 0.25) is 0 Å². The van der Waals surface area contributed by atoms with Crippen LogP contribution in [0.15, 0.2) is 46.9 Å². The normalized spacial score (nSPS) is 19.7. The predicted molar refractivity (Wildman–Crippen MR) is 90.4 cm³/mol. The van der Waals surface area contributed by atoms with Crippen molar-refractivity contribution >= 4 is 27.7 Å². The number of fused-ring (bicyclic) bond motifs is 2. The minimum Gasteiger partial charge on any atom is -0.308 e. The standard InChI is InChI=1S/C18H15BrN2O2/c19-12-5-6-13-11(9-12)7-8-20-16(13)10-21-17(22)14-3-1-2-4-15(14)18(21)23/h1-6,9,16,20H,7-8,10H2/t16-/m1/s1. The van der Waals surface area contributed by atoms with Crippen molar-refractivity contribution in [3.05, 3.63) is 69.2 Å². The van der Waals surface area contributed by atoms with Crippen molar-refractivity contribution in [1.82, 2.24) is 10.2 Å². The van der Waals surface area contributed by atoms with E-state index in [-0.39, 0.29) is 17.9 Å². The maximum Gasteiger partial charge on any atom is 0.261 e. The Kier molecular flexibility index (Phi) is 3.54. The minimum atomic E-state index is -0.198. The van der Waals surface area contributed by atoms with Gasteiger partial charge in [0.05, 0.1) is 17.2 Å². The highest BCUT2D eigenvalue weighted by atomic mass is 79.9. The number of nitrogens with zero attached hydrogens (tertiary/aromatic N) is 1. The van der Waals surface area contributed by atoms with Crippen molar-refractivity contribution in [2.75, 3.05) is 13.1 Å². The van der Waals surface area contributed by atoms with E-state index in [1.54, 1.807) is 24.3 Å². The van der Waals surface area contributed by atoms with Gasteiger partial charge in [0.1, 0.15) is 0 Å². The number of rotatable bonds is 2. The SMILES string of the molecule is O=C1c2ccccc2C(=O)N1C[C@H]1NCCc2cc(Br)ccc21. The lowest BCUT2D eigenvalue weighted by Gasteiger charge is -2.29. The summed E-state index contributed by atoms with van der Waals surface area (Å²) < 4.78 is 1.05. The Morgan fingerprint density at radius 2 is 1.78 bits per heavy atom. The van der Waals surface area contributed by atoms with Crippen LogP contribution in [-0.2, 0) is 6.42 Å². The number of halogens is 1. The Bertz CT molecular complexity index is 783. The highest BCUT2D eigenvalue weighted by molar-refractivity contribution is 9.10. The van der Waals surface area contributed by atoms with Crippen molar-refractivity contribution in [3.63, 3.8) is 0 Å². The number of hydrogen-bond acceptors (Lipinski definition) is 3. The maximum absolute atomic E-state index is 12.5. The Balaban J connectivity index is 1.64. The number of hydrogen-bond donors (Lipinski definition) is 1. The molecule has 23 heavy (non-hydrogen) atoms. The topological polar surface area (TPSA) is 49.4 Å². The molecule has 4 nitrogen and oxygen atoms in total. The molecule has 4 rings (SSSR count). The molecular weight excluding hydrogens is 356 g/mol. The van der Waals surface area contributed by atoms with E-state index in [1.807, 2.05) is 6.07 Å². The van der Waals surface area contributed by atoms with Gasteiger partial charge in [-0.05, 0) is 48.4 Å². The lowest BCUT2D eigenvalue weighted by molar-refractivity contribution is 0.0637. The van der Waals surface area contributed by atoms with Gasteiger partial charge in [0.25, 0.3) is 11.8 Å². The summed E-state index contributed by atoms with van der Waals surface area (Å²) in [7, 11) is 0. The molecule has 2 amide bonds. The average molecular weight is 371 g/mol. The molecule has 0 unspecified atom stereocenters. The average Bonchev–Trinajstić information content (AvgIpc) is 2.80. The van der Waals surface area contributed by atoms with Gasteiger partial charge in [-0.2, -0.15) is 0 Å². The van der Waals surface area contributed by atoms with Crippen molar-refractivity contribution in [3.8, 4) is 0 Å². The van der Waals surface area contributed by atoms with E-state index >= 15 is 0 Å². The fraction of sp³-hybridized carbons (Fsp3) is 0.222. The summed E-state index contributed by atoms with van der Waals surface area (Å²) in [4.78, 5) is 26.4. The van der Waals surface area contributed by atoms with E-state index in [0.717, 1.165) is 23.0 Å². The molecule has 0 fully saturated rings. The Morgan fingerprint density at radius 1 is 1.09 bits per heavy atom. The molecule has 5 heteroatoms. The van der Waals surface area contributed by atoms with Crippen LogP contribution in [0.3, 0.4) is 0 Å². The fourth-order valence-electron chi connectivity index (χ4n) is 3.37. The third-order valence-electron chi connectivity index (χ3n) is 4.51. The van der Waals surface area contributed by atoms with Gasteiger partial charge in [0.15, 0.2) is 0 Å². The monoisotopic (exact) mass is 370 g/mol. The second kappa shape index (κ2) is 5.58. The molecule has 1 atom stereocenters. The highest BCUT2D eigenvalue weighted by Crippen LogP contribution is 2.29. The smallest absolute Gasteiger partial charge is 0.261 e. The van der Waals surface area contributed by atoms with E-state index < -0.39 is 0 Å². The van der Waals surface area contributed by atoms with E-state index in [2.05, 4.69) is 33.4 Å². The second-order valence-corrected chi connectivity index (χ2v) is 6.78. The van der Waals surface area contributed by atoms with Crippen LogP contribution in [0.1, 0.15) is 37.9 Å². The highest BCUT2D eigenvalue weighted by Gasteiger charge is 2.37. The quantitative estimate of drug-likeness (QED) is 0.826. The summed E-state index contributed by atoms with van der Waals surface area (Å²) in [6.07, 6.45) is 0.952. The number of benzene rings is 2. The Hall–Kier alpha value is -1.98. The Morgan fingerprint density at radius 3 is 2.48 bits per heavy atom. The largest absolute Gasteiger partial charge is 0.308 e. The summed E-state index contributed by atoms with van der Waals surface area (Å²) in [5, 5.41) is 3.43. The summed E-state index contributed by atoms with van der Waals surface area (Å²) in [5.74, 6) is -0.395. The molecule has 0 radical (unpaired) electrons. The fourth-order valence-corrected chi connectivity index (χ4v) is 3.78. The van der Waals surface area contributed by atoms with Gasteiger partial charge in [0, 0.05) is 11.0 Å². The number of carbonyl (C=O) groups is 2. The summed E-state index contributed by atoms with van der Waals surface area (Å²) in [6, 6.07) is 13.2. The first-order chi connectivity index (χ1) is 11.1. The van der Waals surface area contributed by atoms with Crippen LogP contribution in [0.2, 0.25) is 0 Å². The minimum absolute atomic E-state index is 0.0194. The van der Waals surface area contributed by atoms with Crippen LogP contribution in [0.25, 0.3) is 0 Å². The zero-order valence-corrected chi connectivity index (χ0v) is 14.0. The van der Waals surface area contributed by atoms with Crippen molar-refractivity contribution < 1.29 is 9.59 Å². The first-order valence-corrected chi connectivity index (χ1v) is 8.41.